The zero-order valence-electron chi connectivity index (χ0n) is 8.99. The van der Waals surface area contributed by atoms with Crippen molar-refractivity contribution in [2.45, 2.75) is 45.6 Å². The molecule has 3 nitrogen and oxygen atoms in total. The molecule has 1 aliphatic rings. The highest BCUT2D eigenvalue weighted by Gasteiger charge is 2.46. The van der Waals surface area contributed by atoms with Gasteiger partial charge in [0.05, 0.1) is 11.9 Å². The molecule has 0 heterocycles. The molecule has 0 aromatic heterocycles. The number of hydrogen-bond donors (Lipinski definition) is 1. The molecule has 0 bridgehead atoms. The minimum absolute atomic E-state index is 0.0588. The van der Waals surface area contributed by atoms with Gasteiger partial charge >= 0.3 is 0 Å². The molecule has 1 unspecified atom stereocenters. The van der Waals surface area contributed by atoms with E-state index in [1.54, 1.807) is 13.8 Å². The van der Waals surface area contributed by atoms with Crippen molar-refractivity contribution in [2.24, 2.45) is 5.41 Å². The fraction of sp³-hybridized carbons (Fsp3) is 1.00. The van der Waals surface area contributed by atoms with E-state index in [2.05, 4.69) is 0 Å². The lowest BCUT2D eigenvalue weighted by Crippen LogP contribution is -2.19. The van der Waals surface area contributed by atoms with Gasteiger partial charge in [-0.25, -0.2) is 8.42 Å². The molecular formula is C10H20O3S. The average molecular weight is 220 g/mol. The van der Waals surface area contributed by atoms with Crippen LogP contribution < -0.4 is 0 Å². The van der Waals surface area contributed by atoms with E-state index in [1.165, 1.54) is 0 Å². The largest absolute Gasteiger partial charge is 0.393 e. The van der Waals surface area contributed by atoms with Gasteiger partial charge in [0.1, 0.15) is 9.84 Å². The molecule has 1 N–H and O–H groups in total. The molecule has 1 saturated carbocycles. The van der Waals surface area contributed by atoms with Crippen LogP contribution >= 0.6 is 0 Å². The van der Waals surface area contributed by atoms with E-state index in [0.717, 1.165) is 19.3 Å². The van der Waals surface area contributed by atoms with E-state index < -0.39 is 9.84 Å². The normalized spacial score (nSPS) is 21.9. The first-order valence-electron chi connectivity index (χ1n) is 5.30. The van der Waals surface area contributed by atoms with E-state index in [9.17, 15) is 13.5 Å². The molecule has 0 saturated heterocycles. The quantitative estimate of drug-likeness (QED) is 0.735. The van der Waals surface area contributed by atoms with E-state index >= 15 is 0 Å². The smallest absolute Gasteiger partial charge is 0.150 e. The Hall–Kier alpha value is -0.0900. The summed E-state index contributed by atoms with van der Waals surface area (Å²) in [6.45, 7) is 3.48. The van der Waals surface area contributed by atoms with Crippen LogP contribution in [0.25, 0.3) is 0 Å². The first kappa shape index (κ1) is 12.0. The van der Waals surface area contributed by atoms with Crippen LogP contribution in [0.1, 0.15) is 39.5 Å². The van der Waals surface area contributed by atoms with E-state index in [1.807, 2.05) is 0 Å². The Labute approximate surface area is 86.4 Å². The lowest BCUT2D eigenvalue weighted by atomic mass is 9.95. The van der Waals surface area contributed by atoms with Crippen LogP contribution in [0.2, 0.25) is 0 Å². The highest BCUT2D eigenvalue weighted by molar-refractivity contribution is 7.91. The molecule has 0 radical (unpaired) electrons. The maximum absolute atomic E-state index is 11.2. The Morgan fingerprint density at radius 2 is 2.00 bits per heavy atom. The van der Waals surface area contributed by atoms with Crippen LogP contribution in [-0.2, 0) is 9.84 Å². The summed E-state index contributed by atoms with van der Waals surface area (Å²) < 4.78 is 22.4. The molecule has 0 aromatic rings. The van der Waals surface area contributed by atoms with Crippen molar-refractivity contribution in [3.05, 3.63) is 0 Å². The Balaban J connectivity index is 2.29. The second-order valence-corrected chi connectivity index (χ2v) is 6.85. The minimum Gasteiger partial charge on any atom is -0.393 e. The number of aliphatic hydroxyl groups excluding tert-OH is 1. The predicted molar refractivity (Wildman–Crippen MR) is 56.9 cm³/mol. The minimum atomic E-state index is -2.82. The van der Waals surface area contributed by atoms with Crippen molar-refractivity contribution >= 4 is 9.84 Å². The summed E-state index contributed by atoms with van der Waals surface area (Å²) in [6, 6.07) is 0. The fourth-order valence-corrected chi connectivity index (χ4v) is 2.70. The number of sulfone groups is 1. The van der Waals surface area contributed by atoms with Crippen LogP contribution in [0.5, 0.6) is 0 Å². The summed E-state index contributed by atoms with van der Waals surface area (Å²) in [6.07, 6.45) is 3.37. The molecule has 84 valence electrons. The molecule has 0 aromatic carbocycles. The van der Waals surface area contributed by atoms with Gasteiger partial charge in [0, 0.05) is 5.75 Å². The third-order valence-electron chi connectivity index (χ3n) is 3.35. The van der Waals surface area contributed by atoms with Gasteiger partial charge in [0.25, 0.3) is 0 Å². The van der Waals surface area contributed by atoms with Crippen molar-refractivity contribution in [1.29, 1.82) is 0 Å². The SMILES string of the molecule is CCS(=O)(=O)CCCC1(C(C)O)CC1. The summed E-state index contributed by atoms with van der Waals surface area (Å²) in [7, 11) is -2.82. The highest BCUT2D eigenvalue weighted by Crippen LogP contribution is 2.52. The van der Waals surface area contributed by atoms with Gasteiger partial charge in [-0.3, -0.25) is 0 Å². The zero-order valence-corrected chi connectivity index (χ0v) is 9.81. The fourth-order valence-electron chi connectivity index (χ4n) is 1.83. The molecule has 1 rings (SSSR count). The van der Waals surface area contributed by atoms with Crippen LogP contribution in [0.15, 0.2) is 0 Å². The molecule has 1 aliphatic carbocycles. The second kappa shape index (κ2) is 4.19. The van der Waals surface area contributed by atoms with Gasteiger partial charge in [-0.05, 0) is 38.0 Å². The van der Waals surface area contributed by atoms with E-state index in [4.69, 9.17) is 0 Å². The number of rotatable bonds is 6. The maximum Gasteiger partial charge on any atom is 0.150 e. The van der Waals surface area contributed by atoms with Gasteiger partial charge in [0.15, 0.2) is 0 Å². The van der Waals surface area contributed by atoms with Crippen LogP contribution in [0.4, 0.5) is 0 Å². The molecule has 14 heavy (non-hydrogen) atoms. The van der Waals surface area contributed by atoms with Crippen LogP contribution in [0.3, 0.4) is 0 Å². The van der Waals surface area contributed by atoms with E-state index in [-0.39, 0.29) is 23.0 Å². The molecule has 1 atom stereocenters. The van der Waals surface area contributed by atoms with Crippen molar-refractivity contribution in [1.82, 2.24) is 0 Å². The van der Waals surface area contributed by atoms with Crippen molar-refractivity contribution < 1.29 is 13.5 Å². The average Bonchev–Trinajstić information content (AvgIpc) is 2.85. The maximum atomic E-state index is 11.2. The summed E-state index contributed by atoms with van der Waals surface area (Å²) in [5.74, 6) is 0.507. The third-order valence-corrected chi connectivity index (χ3v) is 5.14. The monoisotopic (exact) mass is 220 g/mol. The number of hydrogen-bond acceptors (Lipinski definition) is 3. The van der Waals surface area contributed by atoms with Gasteiger partial charge in [-0.15, -0.1) is 0 Å². The van der Waals surface area contributed by atoms with Gasteiger partial charge in [-0.1, -0.05) is 6.92 Å². The van der Waals surface area contributed by atoms with Gasteiger partial charge in [-0.2, -0.15) is 0 Å². The topological polar surface area (TPSA) is 54.4 Å². The van der Waals surface area contributed by atoms with Crippen LogP contribution in [0, 0.1) is 5.41 Å². The molecule has 0 amide bonds. The molecule has 1 fully saturated rings. The van der Waals surface area contributed by atoms with Crippen molar-refractivity contribution in [2.75, 3.05) is 11.5 Å². The summed E-state index contributed by atoms with van der Waals surface area (Å²) >= 11 is 0. The summed E-state index contributed by atoms with van der Waals surface area (Å²) in [5, 5.41) is 9.48. The Morgan fingerprint density at radius 3 is 2.36 bits per heavy atom. The highest BCUT2D eigenvalue weighted by atomic mass is 32.2. The van der Waals surface area contributed by atoms with Crippen LogP contribution in [-0.4, -0.2) is 31.1 Å². The summed E-state index contributed by atoms with van der Waals surface area (Å²) in [4.78, 5) is 0. The molecule has 0 aliphatic heterocycles. The third kappa shape index (κ3) is 2.95. The standard InChI is InChI=1S/C10H20O3S/c1-3-14(12,13)8-4-5-10(6-7-10)9(2)11/h9,11H,3-8H2,1-2H3. The Bertz CT molecular complexity index is 276. The second-order valence-electron chi connectivity index (χ2n) is 4.38. The lowest BCUT2D eigenvalue weighted by Gasteiger charge is -2.17. The van der Waals surface area contributed by atoms with Crippen molar-refractivity contribution in [3.8, 4) is 0 Å². The van der Waals surface area contributed by atoms with Gasteiger partial charge < -0.3 is 5.11 Å². The van der Waals surface area contributed by atoms with Gasteiger partial charge in [0.2, 0.25) is 0 Å². The first-order chi connectivity index (χ1) is 6.42. The molecular weight excluding hydrogens is 200 g/mol. The lowest BCUT2D eigenvalue weighted by molar-refractivity contribution is 0.104. The first-order valence-corrected chi connectivity index (χ1v) is 7.12. The molecule has 0 spiro atoms. The van der Waals surface area contributed by atoms with E-state index in [0.29, 0.717) is 6.42 Å². The summed E-state index contributed by atoms with van der Waals surface area (Å²) in [5.41, 5.74) is 0.0588. The Kier molecular flexibility index (Phi) is 3.58. The van der Waals surface area contributed by atoms with Crippen molar-refractivity contribution in [3.63, 3.8) is 0 Å². The number of aliphatic hydroxyl groups is 1. The Morgan fingerprint density at radius 1 is 1.43 bits per heavy atom. The predicted octanol–water partition coefficient (Wildman–Crippen LogP) is 1.36. The molecule has 4 heteroatoms. The zero-order chi connectivity index (χ0) is 10.8.